The first-order chi connectivity index (χ1) is 5.20. The van der Waals surface area contributed by atoms with Crippen molar-refractivity contribution in [3.05, 3.63) is 32.9 Å². The topological polar surface area (TPSA) is 85.9 Å². The largest absolute Gasteiger partial charge is 0.400 e. The van der Waals surface area contributed by atoms with Gasteiger partial charge >= 0.3 is 5.69 Å². The number of hydrogen-bond acceptors (Lipinski definition) is 3. The number of aliphatic hydroxyl groups is 1. The van der Waals surface area contributed by atoms with Gasteiger partial charge in [0.2, 0.25) is 5.82 Å². The molecule has 0 radical (unpaired) electrons. The van der Waals surface area contributed by atoms with E-state index in [-0.39, 0.29) is 0 Å². The van der Waals surface area contributed by atoms with Crippen molar-refractivity contribution in [1.82, 2.24) is 9.97 Å². The minimum absolute atomic E-state index is 0.707. The van der Waals surface area contributed by atoms with Crippen LogP contribution in [-0.4, -0.2) is 22.2 Å². The number of nitrogens with one attached hydrogen (secondary N) is 2. The zero-order chi connectivity index (χ0) is 8.85. The molecule has 5 nitrogen and oxygen atoms in total. The third-order valence-corrected chi connectivity index (χ3v) is 0.774. The highest BCUT2D eigenvalue weighted by atomic mass is 19.1. The Morgan fingerprint density at radius 2 is 2.00 bits per heavy atom. The average Bonchev–Trinajstić information content (AvgIpc) is 2.02. The summed E-state index contributed by atoms with van der Waals surface area (Å²) in [7, 11) is 1.00. The summed E-state index contributed by atoms with van der Waals surface area (Å²) in [4.78, 5) is 24.0. The van der Waals surface area contributed by atoms with Crippen LogP contribution < -0.4 is 11.2 Å². The van der Waals surface area contributed by atoms with Crippen LogP contribution in [-0.2, 0) is 0 Å². The lowest BCUT2D eigenvalue weighted by Crippen LogP contribution is -2.23. The highest BCUT2D eigenvalue weighted by molar-refractivity contribution is 4.83. The lowest BCUT2D eigenvalue weighted by Gasteiger charge is -1.81. The van der Waals surface area contributed by atoms with Gasteiger partial charge in [0.05, 0.1) is 0 Å². The maximum absolute atomic E-state index is 12.0. The molecule has 0 unspecified atom stereocenters. The molecule has 3 N–H and O–H groups in total. The summed E-state index contributed by atoms with van der Waals surface area (Å²) in [5, 5.41) is 7.00. The number of aromatic amines is 2. The van der Waals surface area contributed by atoms with Crippen LogP contribution >= 0.6 is 0 Å². The zero-order valence-corrected chi connectivity index (χ0v) is 5.72. The molecule has 0 saturated carbocycles. The minimum atomic E-state index is -1.00. The van der Waals surface area contributed by atoms with Crippen molar-refractivity contribution in [3.8, 4) is 0 Å². The maximum Gasteiger partial charge on any atom is 0.325 e. The molecular formula is C5H7FN2O3. The molecule has 6 heteroatoms. The van der Waals surface area contributed by atoms with Gasteiger partial charge in [-0.25, -0.2) is 4.79 Å². The monoisotopic (exact) mass is 162 g/mol. The first-order valence-electron chi connectivity index (χ1n) is 2.62. The molecule has 0 spiro atoms. The van der Waals surface area contributed by atoms with Gasteiger partial charge in [0.1, 0.15) is 0 Å². The van der Waals surface area contributed by atoms with Crippen molar-refractivity contribution < 1.29 is 9.50 Å². The van der Waals surface area contributed by atoms with Crippen LogP contribution in [0.3, 0.4) is 0 Å². The van der Waals surface area contributed by atoms with Gasteiger partial charge in [-0.05, 0) is 0 Å². The van der Waals surface area contributed by atoms with E-state index in [0.29, 0.717) is 6.20 Å². The summed E-state index contributed by atoms with van der Waals surface area (Å²) in [6, 6.07) is 0. The summed E-state index contributed by atoms with van der Waals surface area (Å²) < 4.78 is 12.0. The summed E-state index contributed by atoms with van der Waals surface area (Å²) in [6.45, 7) is 0. The number of halogens is 1. The smallest absolute Gasteiger partial charge is 0.325 e. The van der Waals surface area contributed by atoms with E-state index < -0.39 is 17.1 Å². The molecule has 0 aromatic carbocycles. The van der Waals surface area contributed by atoms with Gasteiger partial charge in [-0.15, -0.1) is 0 Å². The quantitative estimate of drug-likeness (QED) is 0.448. The molecule has 0 amide bonds. The van der Waals surface area contributed by atoms with E-state index in [4.69, 9.17) is 5.11 Å². The van der Waals surface area contributed by atoms with Crippen LogP contribution in [0.25, 0.3) is 0 Å². The summed E-state index contributed by atoms with van der Waals surface area (Å²) in [6.07, 6.45) is 0.709. The molecule has 1 aromatic rings. The molecular weight excluding hydrogens is 155 g/mol. The molecule has 0 aliphatic rings. The Bertz CT molecular complexity index is 316. The van der Waals surface area contributed by atoms with Crippen molar-refractivity contribution >= 4 is 0 Å². The predicted molar refractivity (Wildman–Crippen MR) is 35.8 cm³/mol. The second-order valence-electron chi connectivity index (χ2n) is 1.42. The van der Waals surface area contributed by atoms with E-state index in [1.807, 2.05) is 4.98 Å². The Kier molecular flexibility index (Phi) is 3.82. The van der Waals surface area contributed by atoms with Crippen LogP contribution in [0.1, 0.15) is 0 Å². The molecule has 0 aliphatic carbocycles. The van der Waals surface area contributed by atoms with Crippen molar-refractivity contribution in [3.63, 3.8) is 0 Å². The molecule has 0 fully saturated rings. The second-order valence-corrected chi connectivity index (χ2v) is 1.42. The average molecular weight is 162 g/mol. The normalized spacial score (nSPS) is 8.27. The highest BCUT2D eigenvalue weighted by Crippen LogP contribution is 1.74. The lowest BCUT2D eigenvalue weighted by atomic mass is 10.6. The molecule has 1 aromatic heterocycles. The van der Waals surface area contributed by atoms with Crippen LogP contribution in [0.2, 0.25) is 0 Å². The molecule has 0 saturated heterocycles. The van der Waals surface area contributed by atoms with Gasteiger partial charge in [0.15, 0.2) is 0 Å². The Morgan fingerprint density at radius 3 is 2.36 bits per heavy atom. The van der Waals surface area contributed by atoms with Crippen molar-refractivity contribution in [2.45, 2.75) is 0 Å². The number of aromatic nitrogens is 2. The van der Waals surface area contributed by atoms with E-state index in [1.165, 1.54) is 0 Å². The van der Waals surface area contributed by atoms with E-state index in [0.717, 1.165) is 7.11 Å². The van der Waals surface area contributed by atoms with Gasteiger partial charge in [-0.3, -0.25) is 9.78 Å². The van der Waals surface area contributed by atoms with Gasteiger partial charge < -0.3 is 10.1 Å². The highest BCUT2D eigenvalue weighted by Gasteiger charge is 1.93. The van der Waals surface area contributed by atoms with Crippen LogP contribution in [0.5, 0.6) is 0 Å². The van der Waals surface area contributed by atoms with E-state index in [1.54, 1.807) is 4.98 Å². The molecule has 0 atom stereocenters. The Balaban J connectivity index is 0.000000461. The minimum Gasteiger partial charge on any atom is -0.400 e. The van der Waals surface area contributed by atoms with Gasteiger partial charge in [0.25, 0.3) is 5.56 Å². The summed E-state index contributed by atoms with van der Waals surface area (Å²) >= 11 is 0. The SMILES string of the molecule is CO.O=c1[nH]cc(F)c(=O)[nH]1. The first kappa shape index (κ1) is 9.57. The van der Waals surface area contributed by atoms with Gasteiger partial charge in [-0.1, -0.05) is 0 Å². The number of aliphatic hydroxyl groups excluding tert-OH is 1. The standard InChI is InChI=1S/C4H3FN2O2.CH4O/c5-2-1-6-4(9)7-3(2)8;1-2/h1H,(H2,6,7,8,9);2H,1H3. The Labute approximate surface area is 60.5 Å². The predicted octanol–water partition coefficient (Wildman–Crippen LogP) is -1.19. The van der Waals surface area contributed by atoms with E-state index in [2.05, 4.69) is 0 Å². The molecule has 0 aliphatic heterocycles. The molecule has 11 heavy (non-hydrogen) atoms. The summed E-state index contributed by atoms with van der Waals surface area (Å²) in [5.41, 5.74) is -1.71. The van der Waals surface area contributed by atoms with Crippen molar-refractivity contribution in [2.24, 2.45) is 0 Å². The Morgan fingerprint density at radius 1 is 1.45 bits per heavy atom. The van der Waals surface area contributed by atoms with Crippen LogP contribution in [0.15, 0.2) is 15.8 Å². The molecule has 1 heterocycles. The zero-order valence-electron chi connectivity index (χ0n) is 5.72. The Hall–Kier alpha value is -1.43. The fraction of sp³-hybridized carbons (Fsp3) is 0.200. The third kappa shape index (κ3) is 2.76. The van der Waals surface area contributed by atoms with Gasteiger partial charge in [-0.2, -0.15) is 4.39 Å². The third-order valence-electron chi connectivity index (χ3n) is 0.774. The van der Waals surface area contributed by atoms with E-state index >= 15 is 0 Å². The van der Waals surface area contributed by atoms with E-state index in [9.17, 15) is 14.0 Å². The second kappa shape index (κ2) is 4.40. The maximum atomic E-state index is 12.0. The number of rotatable bonds is 0. The number of H-pyrrole nitrogens is 2. The van der Waals surface area contributed by atoms with Crippen LogP contribution in [0.4, 0.5) is 4.39 Å². The van der Waals surface area contributed by atoms with Gasteiger partial charge in [0, 0.05) is 13.3 Å². The fourth-order valence-corrected chi connectivity index (χ4v) is 0.393. The molecule has 1 rings (SSSR count). The molecule has 0 bridgehead atoms. The fourth-order valence-electron chi connectivity index (χ4n) is 0.393. The van der Waals surface area contributed by atoms with Crippen LogP contribution in [0, 0.1) is 5.82 Å². The van der Waals surface area contributed by atoms with Crippen molar-refractivity contribution in [1.29, 1.82) is 0 Å². The summed E-state index contributed by atoms with van der Waals surface area (Å²) in [5.74, 6) is -0.991. The molecule has 62 valence electrons. The lowest BCUT2D eigenvalue weighted by molar-refractivity contribution is 0.399. The first-order valence-corrected chi connectivity index (χ1v) is 2.62. The van der Waals surface area contributed by atoms with Crippen molar-refractivity contribution in [2.75, 3.05) is 7.11 Å². The number of hydrogen-bond donors (Lipinski definition) is 3.